The Morgan fingerprint density at radius 2 is 2.44 bits per heavy atom. The van der Waals surface area contributed by atoms with Crippen LogP contribution < -0.4 is 0 Å². The lowest BCUT2D eigenvalue weighted by Crippen LogP contribution is -2.14. The van der Waals surface area contributed by atoms with E-state index in [4.69, 9.17) is 4.74 Å². The van der Waals surface area contributed by atoms with Crippen LogP contribution in [-0.2, 0) is 4.74 Å². The summed E-state index contributed by atoms with van der Waals surface area (Å²) in [6.45, 7) is 3.16. The SMILES string of the molecule is CC1CC2=C1OC[C@H]2I. The average molecular weight is 236 g/mol. The predicted molar refractivity (Wildman–Crippen MR) is 44.6 cm³/mol. The van der Waals surface area contributed by atoms with E-state index in [1.165, 1.54) is 12.2 Å². The summed E-state index contributed by atoms with van der Waals surface area (Å²) in [7, 11) is 0. The minimum Gasteiger partial charge on any atom is -0.496 e. The lowest BCUT2D eigenvalue weighted by molar-refractivity contribution is 0.206. The monoisotopic (exact) mass is 236 g/mol. The molecule has 50 valence electrons. The van der Waals surface area contributed by atoms with Gasteiger partial charge in [-0.2, -0.15) is 0 Å². The summed E-state index contributed by atoms with van der Waals surface area (Å²) in [5.41, 5.74) is 1.57. The van der Waals surface area contributed by atoms with Gasteiger partial charge in [0.05, 0.1) is 9.68 Å². The molecule has 0 fully saturated rings. The molecule has 1 unspecified atom stereocenters. The van der Waals surface area contributed by atoms with Gasteiger partial charge in [-0.05, 0) is 12.0 Å². The van der Waals surface area contributed by atoms with Gasteiger partial charge < -0.3 is 4.74 Å². The number of ether oxygens (including phenoxy) is 1. The van der Waals surface area contributed by atoms with E-state index in [0.29, 0.717) is 3.92 Å². The molecule has 1 nitrogen and oxygen atoms in total. The predicted octanol–water partition coefficient (Wildman–Crippen LogP) is 2.11. The Bertz CT molecular complexity index is 170. The van der Waals surface area contributed by atoms with Crippen molar-refractivity contribution in [1.29, 1.82) is 0 Å². The minimum absolute atomic E-state index is 0.689. The lowest BCUT2D eigenvalue weighted by Gasteiger charge is -2.23. The standard InChI is InChI=1S/C7H9IO/c1-4-2-5-6(8)3-9-7(4)5/h4,6H,2-3H2,1H3/t4?,6-/m1/s1. The van der Waals surface area contributed by atoms with Gasteiger partial charge in [-0.15, -0.1) is 0 Å². The highest BCUT2D eigenvalue weighted by Gasteiger charge is 2.36. The second-order valence-electron chi connectivity index (χ2n) is 2.77. The molecular weight excluding hydrogens is 227 g/mol. The van der Waals surface area contributed by atoms with Crippen molar-refractivity contribution in [3.05, 3.63) is 11.3 Å². The lowest BCUT2D eigenvalue weighted by atomic mass is 9.85. The topological polar surface area (TPSA) is 9.23 Å². The van der Waals surface area contributed by atoms with E-state index in [1.54, 1.807) is 5.57 Å². The Kier molecular flexibility index (Phi) is 1.25. The summed E-state index contributed by atoms with van der Waals surface area (Å²) >= 11 is 2.45. The van der Waals surface area contributed by atoms with Gasteiger partial charge >= 0.3 is 0 Å². The zero-order valence-corrected chi connectivity index (χ0v) is 7.51. The van der Waals surface area contributed by atoms with Crippen molar-refractivity contribution in [1.82, 2.24) is 0 Å². The first-order valence-electron chi connectivity index (χ1n) is 3.29. The van der Waals surface area contributed by atoms with Crippen molar-refractivity contribution in [2.75, 3.05) is 6.61 Å². The first kappa shape index (κ1) is 6.01. The fourth-order valence-electron chi connectivity index (χ4n) is 1.49. The highest BCUT2D eigenvalue weighted by atomic mass is 127. The Morgan fingerprint density at radius 1 is 1.67 bits per heavy atom. The largest absolute Gasteiger partial charge is 0.496 e. The Labute approximate surface area is 68.6 Å². The molecule has 2 atom stereocenters. The van der Waals surface area contributed by atoms with E-state index in [-0.39, 0.29) is 0 Å². The van der Waals surface area contributed by atoms with Gasteiger partial charge in [0.1, 0.15) is 6.61 Å². The maximum Gasteiger partial charge on any atom is 0.103 e. The molecule has 2 aliphatic rings. The van der Waals surface area contributed by atoms with Crippen molar-refractivity contribution in [2.45, 2.75) is 17.3 Å². The van der Waals surface area contributed by atoms with Crippen molar-refractivity contribution >= 4 is 22.6 Å². The molecule has 0 aromatic heterocycles. The Hall–Kier alpha value is 0.270. The zero-order chi connectivity index (χ0) is 6.43. The van der Waals surface area contributed by atoms with E-state index in [9.17, 15) is 0 Å². The second kappa shape index (κ2) is 1.87. The number of alkyl halides is 1. The maximum absolute atomic E-state index is 5.45. The Morgan fingerprint density at radius 3 is 2.89 bits per heavy atom. The summed E-state index contributed by atoms with van der Waals surface area (Å²) in [5.74, 6) is 2.02. The van der Waals surface area contributed by atoms with Gasteiger partial charge in [-0.3, -0.25) is 0 Å². The molecule has 0 aromatic carbocycles. The molecule has 0 aromatic rings. The van der Waals surface area contributed by atoms with Gasteiger partial charge in [0.25, 0.3) is 0 Å². The first-order chi connectivity index (χ1) is 4.29. The molecule has 1 heterocycles. The van der Waals surface area contributed by atoms with Crippen molar-refractivity contribution in [3.8, 4) is 0 Å². The quantitative estimate of drug-likeness (QED) is 0.462. The van der Waals surface area contributed by atoms with Crippen LogP contribution in [0.3, 0.4) is 0 Å². The molecule has 9 heavy (non-hydrogen) atoms. The van der Waals surface area contributed by atoms with Crippen LogP contribution in [0.5, 0.6) is 0 Å². The van der Waals surface area contributed by atoms with Gasteiger partial charge in [0, 0.05) is 5.92 Å². The van der Waals surface area contributed by atoms with E-state index in [2.05, 4.69) is 29.5 Å². The average Bonchev–Trinajstić information content (AvgIpc) is 2.07. The molecule has 0 saturated heterocycles. The summed E-state index contributed by atoms with van der Waals surface area (Å²) in [6.07, 6.45) is 1.28. The third-order valence-electron chi connectivity index (χ3n) is 2.05. The highest BCUT2D eigenvalue weighted by molar-refractivity contribution is 14.1. The molecule has 1 aliphatic carbocycles. The van der Waals surface area contributed by atoms with Crippen LogP contribution in [0.25, 0.3) is 0 Å². The van der Waals surface area contributed by atoms with Crippen molar-refractivity contribution in [2.24, 2.45) is 5.92 Å². The molecular formula is C7H9IO. The van der Waals surface area contributed by atoms with E-state index < -0.39 is 0 Å². The molecule has 1 aliphatic heterocycles. The third-order valence-corrected chi connectivity index (χ3v) is 3.16. The van der Waals surface area contributed by atoms with E-state index in [1.807, 2.05) is 0 Å². The van der Waals surface area contributed by atoms with Gasteiger partial charge in [0.15, 0.2) is 0 Å². The summed E-state index contributed by atoms with van der Waals surface area (Å²) < 4.78 is 6.14. The summed E-state index contributed by atoms with van der Waals surface area (Å²) in [4.78, 5) is 0. The van der Waals surface area contributed by atoms with Crippen molar-refractivity contribution < 1.29 is 4.74 Å². The van der Waals surface area contributed by atoms with Crippen LogP contribution in [0, 0.1) is 5.92 Å². The third kappa shape index (κ3) is 0.719. The minimum atomic E-state index is 0.689. The molecule has 2 rings (SSSR count). The summed E-state index contributed by atoms with van der Waals surface area (Å²) in [5, 5.41) is 0. The zero-order valence-electron chi connectivity index (χ0n) is 5.36. The maximum atomic E-state index is 5.45. The highest BCUT2D eigenvalue weighted by Crippen LogP contribution is 2.44. The fourth-order valence-corrected chi connectivity index (χ4v) is 2.23. The smallest absolute Gasteiger partial charge is 0.103 e. The normalized spacial score (nSPS) is 39.8. The molecule has 0 bridgehead atoms. The first-order valence-corrected chi connectivity index (χ1v) is 4.53. The molecule has 0 amide bonds. The van der Waals surface area contributed by atoms with Gasteiger partial charge in [-0.25, -0.2) is 0 Å². The summed E-state index contributed by atoms with van der Waals surface area (Å²) in [6, 6.07) is 0. The van der Waals surface area contributed by atoms with Crippen LogP contribution >= 0.6 is 22.6 Å². The second-order valence-corrected chi connectivity index (χ2v) is 4.28. The van der Waals surface area contributed by atoms with E-state index >= 15 is 0 Å². The van der Waals surface area contributed by atoms with Crippen LogP contribution in [0.15, 0.2) is 11.3 Å². The Balaban J connectivity index is 2.24. The van der Waals surface area contributed by atoms with Crippen LogP contribution in [0.4, 0.5) is 0 Å². The van der Waals surface area contributed by atoms with Crippen LogP contribution in [0.1, 0.15) is 13.3 Å². The number of rotatable bonds is 0. The van der Waals surface area contributed by atoms with Gasteiger partial charge in [-0.1, -0.05) is 29.5 Å². The number of hydrogen-bond donors (Lipinski definition) is 0. The molecule has 0 spiro atoms. The molecule has 0 saturated carbocycles. The number of hydrogen-bond acceptors (Lipinski definition) is 1. The van der Waals surface area contributed by atoms with Crippen molar-refractivity contribution in [3.63, 3.8) is 0 Å². The number of allylic oxidation sites excluding steroid dienone is 1. The fraction of sp³-hybridized carbons (Fsp3) is 0.714. The van der Waals surface area contributed by atoms with Gasteiger partial charge in [0.2, 0.25) is 0 Å². The molecule has 0 N–H and O–H groups in total. The number of halogens is 1. The van der Waals surface area contributed by atoms with Crippen LogP contribution in [0.2, 0.25) is 0 Å². The van der Waals surface area contributed by atoms with E-state index in [0.717, 1.165) is 12.5 Å². The van der Waals surface area contributed by atoms with Crippen LogP contribution in [-0.4, -0.2) is 10.5 Å². The molecule has 2 heteroatoms. The molecule has 0 radical (unpaired) electrons.